The van der Waals surface area contributed by atoms with Gasteiger partial charge in [-0.2, -0.15) is 0 Å². The maximum atomic E-state index is 14.1. The molecule has 1 aliphatic carbocycles. The van der Waals surface area contributed by atoms with E-state index in [4.69, 9.17) is 24.0 Å². The largest absolute Gasteiger partial charge is 0.393 e. The third-order valence-electron chi connectivity index (χ3n) is 13.3. The first-order chi connectivity index (χ1) is 23.8. The third-order valence-corrected chi connectivity index (χ3v) is 14.6. The zero-order valence-electron chi connectivity index (χ0n) is 34.2. The molecule has 0 radical (unpaired) electrons. The number of amides is 1. The molecule has 2 aliphatic heterocycles. The first-order valence-corrected chi connectivity index (χ1v) is 24.0. The van der Waals surface area contributed by atoms with Gasteiger partial charge in [0.05, 0.1) is 39.1 Å². The Morgan fingerprint density at radius 3 is 2.29 bits per heavy atom. The molecule has 0 bridgehead atoms. The second-order valence-corrected chi connectivity index (χ2v) is 24.4. The molecule has 3 fully saturated rings. The van der Waals surface area contributed by atoms with Gasteiger partial charge < -0.3 is 24.6 Å². The molecule has 12 atom stereocenters. The number of ether oxygens (including phenoxy) is 3. The predicted molar refractivity (Wildman–Crippen MR) is 204 cm³/mol. The number of hydrogen-bond donors (Lipinski definition) is 4. The molecule has 0 aromatic heterocycles. The Hall–Kier alpha value is -0.633. The summed E-state index contributed by atoms with van der Waals surface area (Å²) in [5, 5.41) is 35.4. The van der Waals surface area contributed by atoms with E-state index in [2.05, 4.69) is 66.5 Å². The molecule has 2 saturated heterocycles. The van der Waals surface area contributed by atoms with Crippen molar-refractivity contribution in [3.8, 4) is 0 Å². The van der Waals surface area contributed by atoms with Gasteiger partial charge in [-0.3, -0.25) is 10.1 Å². The van der Waals surface area contributed by atoms with Crippen LogP contribution in [0.25, 0.3) is 0 Å². The Morgan fingerprint density at radius 2 is 1.69 bits per heavy atom. The van der Waals surface area contributed by atoms with E-state index in [-0.39, 0.29) is 42.0 Å². The van der Waals surface area contributed by atoms with Gasteiger partial charge in [-0.1, -0.05) is 66.6 Å². The monoisotopic (exact) mass is 744 g/mol. The minimum atomic E-state index is -1.58. The highest BCUT2D eigenvalue weighted by atomic mass is 28.3. The number of unbranched alkanes of at least 4 members (excludes halogenated alkanes) is 1. The van der Waals surface area contributed by atoms with Gasteiger partial charge in [0.1, 0.15) is 5.60 Å². The van der Waals surface area contributed by atoms with Crippen LogP contribution < -0.4 is 5.32 Å². The normalized spacial score (nSPS) is 33.8. The number of aliphatic hydroxyl groups excluding tert-OH is 1. The van der Waals surface area contributed by atoms with Gasteiger partial charge >= 0.3 is 0 Å². The smallest absolute Gasteiger partial charge is 0.223 e. The minimum Gasteiger partial charge on any atom is -0.393 e. The van der Waals surface area contributed by atoms with E-state index in [0.29, 0.717) is 62.1 Å². The fraction of sp³-hybridized carbons (Fsp3) is 0.975. The molecule has 4 N–H and O–H groups in total. The summed E-state index contributed by atoms with van der Waals surface area (Å²) in [4.78, 5) is 24.3. The number of aliphatic hydroxyl groups is 1. The van der Waals surface area contributed by atoms with Crippen molar-refractivity contribution in [2.24, 2.45) is 47.3 Å². The third kappa shape index (κ3) is 12.2. The summed E-state index contributed by atoms with van der Waals surface area (Å²) in [7, 11) is 0.164. The van der Waals surface area contributed by atoms with Gasteiger partial charge in [-0.05, 0) is 114 Å². The predicted octanol–water partition coefficient (Wildman–Crippen LogP) is 8.33. The molecule has 0 aromatic carbocycles. The number of carbonyl (C=O) groups excluding carboxylic acids is 1. The lowest BCUT2D eigenvalue weighted by Crippen LogP contribution is -2.50. The van der Waals surface area contributed by atoms with Crippen LogP contribution in [0.1, 0.15) is 126 Å². The SMILES string of the molecule is CCCCC(C(C)C(O)CC(CC(OC)C(C)C1CCC(C)C2CCC(C)(OO)OCC21)C(=O)NC[Si](C)(C)C)C1(OO)CCCC(C)(C)OC1. The van der Waals surface area contributed by atoms with E-state index in [9.17, 15) is 20.4 Å². The fourth-order valence-corrected chi connectivity index (χ4v) is 10.4. The Kier molecular flexibility index (Phi) is 16.9. The second kappa shape index (κ2) is 19.3. The van der Waals surface area contributed by atoms with Crippen LogP contribution in [-0.2, 0) is 28.8 Å². The average molecular weight is 744 g/mol. The van der Waals surface area contributed by atoms with E-state index < -0.39 is 31.5 Å². The summed E-state index contributed by atoms with van der Waals surface area (Å²) in [5.74, 6) is -0.0971. The lowest BCUT2D eigenvalue weighted by atomic mass is 9.61. The maximum absolute atomic E-state index is 14.1. The maximum Gasteiger partial charge on any atom is 0.223 e. The van der Waals surface area contributed by atoms with Crippen LogP contribution in [-0.4, -0.2) is 85.3 Å². The van der Waals surface area contributed by atoms with E-state index >= 15 is 0 Å². The summed E-state index contributed by atoms with van der Waals surface area (Å²) in [6, 6.07) is 0. The fourth-order valence-electron chi connectivity index (χ4n) is 9.67. The van der Waals surface area contributed by atoms with Crippen molar-refractivity contribution in [3.05, 3.63) is 0 Å². The molecular weight excluding hydrogens is 667 g/mol. The van der Waals surface area contributed by atoms with Crippen molar-refractivity contribution in [1.82, 2.24) is 5.32 Å². The molecule has 1 amide bonds. The molecule has 12 unspecified atom stereocenters. The van der Waals surface area contributed by atoms with Crippen LogP contribution in [0, 0.1) is 47.3 Å². The Labute approximate surface area is 311 Å². The number of methoxy groups -OCH3 is 1. The highest BCUT2D eigenvalue weighted by molar-refractivity contribution is 6.76. The van der Waals surface area contributed by atoms with Gasteiger partial charge in [-0.25, -0.2) is 15.0 Å². The van der Waals surface area contributed by atoms with Gasteiger partial charge in [0.15, 0.2) is 5.79 Å². The van der Waals surface area contributed by atoms with Crippen molar-refractivity contribution in [2.45, 2.75) is 174 Å². The van der Waals surface area contributed by atoms with Crippen molar-refractivity contribution < 1.29 is 44.4 Å². The molecule has 1 saturated carbocycles. The molecule has 0 spiro atoms. The van der Waals surface area contributed by atoms with Crippen molar-refractivity contribution in [3.63, 3.8) is 0 Å². The van der Waals surface area contributed by atoms with Crippen molar-refractivity contribution in [1.29, 1.82) is 0 Å². The molecular formula is C40H77NO9Si. The molecule has 2 heterocycles. The Balaban J connectivity index is 1.87. The van der Waals surface area contributed by atoms with Crippen molar-refractivity contribution >= 4 is 14.0 Å². The number of nitrogens with one attached hydrogen (secondary N) is 1. The van der Waals surface area contributed by atoms with Crippen LogP contribution in [0.3, 0.4) is 0 Å². The number of hydrogen-bond acceptors (Lipinski definition) is 9. The van der Waals surface area contributed by atoms with Crippen LogP contribution in [0.4, 0.5) is 0 Å². The molecule has 3 rings (SSSR count). The van der Waals surface area contributed by atoms with Crippen molar-refractivity contribution in [2.75, 3.05) is 26.5 Å². The molecule has 0 aromatic rings. The quantitative estimate of drug-likeness (QED) is 0.0621. The van der Waals surface area contributed by atoms with E-state index in [0.717, 1.165) is 51.4 Å². The number of fused-ring (bicyclic) bond motifs is 1. The highest BCUT2D eigenvalue weighted by Gasteiger charge is 2.49. The molecule has 10 nitrogen and oxygen atoms in total. The van der Waals surface area contributed by atoms with Crippen LogP contribution in [0.15, 0.2) is 0 Å². The second-order valence-electron chi connectivity index (χ2n) is 18.9. The first kappa shape index (κ1) is 44.8. The zero-order chi connectivity index (χ0) is 38.2. The number of rotatable bonds is 18. The van der Waals surface area contributed by atoms with Gasteiger partial charge in [-0.15, -0.1) is 0 Å². The Bertz CT molecular complexity index is 1060. The first-order valence-electron chi connectivity index (χ1n) is 20.3. The Morgan fingerprint density at radius 1 is 0.980 bits per heavy atom. The van der Waals surface area contributed by atoms with Gasteiger partial charge in [0.25, 0.3) is 0 Å². The van der Waals surface area contributed by atoms with Gasteiger partial charge in [0, 0.05) is 25.6 Å². The topological polar surface area (TPSA) is 136 Å². The lowest BCUT2D eigenvalue weighted by Gasteiger charge is -2.45. The van der Waals surface area contributed by atoms with Crippen LogP contribution >= 0.6 is 0 Å². The summed E-state index contributed by atoms with van der Waals surface area (Å²) in [5.41, 5.74) is -1.23. The van der Waals surface area contributed by atoms with Crippen LogP contribution in [0.2, 0.25) is 19.6 Å². The number of carbonyl (C=O) groups is 1. The van der Waals surface area contributed by atoms with Gasteiger partial charge in [0.2, 0.25) is 5.91 Å². The van der Waals surface area contributed by atoms with E-state index in [1.165, 1.54) is 0 Å². The molecule has 3 aliphatic rings. The lowest BCUT2D eigenvalue weighted by molar-refractivity contribution is -0.399. The molecule has 300 valence electrons. The van der Waals surface area contributed by atoms with E-state index in [1.54, 1.807) is 7.11 Å². The van der Waals surface area contributed by atoms with Crippen LogP contribution in [0.5, 0.6) is 0 Å². The standard InChI is InChI=1S/C40H77NO9Si/c1-12-13-15-34(40(50-45)20-14-19-38(5,6)48-25-40)29(4)35(42)22-30(37(43)41-26-51(9,10)11)23-36(46-8)28(3)32-17-16-27(2)31-18-21-39(7,49-44)47-24-33(31)32/h27-36,42,44-45H,12-26H2,1-11H3,(H,41,43). The summed E-state index contributed by atoms with van der Waals surface area (Å²) in [6.45, 7) is 22.3. The highest BCUT2D eigenvalue weighted by Crippen LogP contribution is 2.49. The molecule has 51 heavy (non-hydrogen) atoms. The summed E-state index contributed by atoms with van der Waals surface area (Å²) in [6.07, 6.45) is 9.30. The van der Waals surface area contributed by atoms with E-state index in [1.807, 2.05) is 6.92 Å². The summed E-state index contributed by atoms with van der Waals surface area (Å²) < 4.78 is 18.8. The zero-order valence-corrected chi connectivity index (χ0v) is 35.2. The minimum absolute atomic E-state index is 0.0282. The molecule has 11 heteroatoms. The average Bonchev–Trinajstić information content (AvgIpc) is 3.36. The summed E-state index contributed by atoms with van der Waals surface area (Å²) >= 11 is 0.